The summed E-state index contributed by atoms with van der Waals surface area (Å²) in [6.07, 6.45) is 3.63. The molecule has 0 aliphatic rings. The molecule has 3 nitrogen and oxygen atoms in total. The van der Waals surface area contributed by atoms with Crippen LogP contribution in [0.25, 0.3) is 0 Å². The highest BCUT2D eigenvalue weighted by molar-refractivity contribution is 14.1. The second kappa shape index (κ2) is 5.09. The molecule has 0 saturated carbocycles. The lowest BCUT2D eigenvalue weighted by molar-refractivity contribution is 0.274. The van der Waals surface area contributed by atoms with Gasteiger partial charge in [-0.25, -0.2) is 9.97 Å². The number of nitrogens with one attached hydrogen (secondary N) is 1. The molecule has 15 heavy (non-hydrogen) atoms. The van der Waals surface area contributed by atoms with Crippen LogP contribution in [0.1, 0.15) is 27.7 Å². The Hall–Kier alpha value is -0.390. The maximum Gasteiger partial charge on any atom is 0.222 e. The van der Waals surface area contributed by atoms with Gasteiger partial charge < -0.3 is 5.32 Å². The minimum absolute atomic E-state index is 0.316. The van der Waals surface area contributed by atoms with Crippen molar-refractivity contribution in [3.63, 3.8) is 0 Å². The monoisotopic (exact) mass is 319 g/mol. The SMILES string of the molecule is CC(CNc1ncc(I)cn1)C(C)(C)C. The summed E-state index contributed by atoms with van der Waals surface area (Å²) >= 11 is 2.20. The molecule has 0 amide bonds. The lowest BCUT2D eigenvalue weighted by Gasteiger charge is -2.27. The highest BCUT2D eigenvalue weighted by atomic mass is 127. The van der Waals surface area contributed by atoms with Gasteiger partial charge in [0, 0.05) is 22.5 Å². The second-order valence-corrected chi connectivity index (χ2v) is 6.12. The number of hydrogen-bond donors (Lipinski definition) is 1. The van der Waals surface area contributed by atoms with E-state index in [1.54, 1.807) is 0 Å². The summed E-state index contributed by atoms with van der Waals surface area (Å²) in [7, 11) is 0. The van der Waals surface area contributed by atoms with Crippen molar-refractivity contribution in [3.05, 3.63) is 16.0 Å². The van der Waals surface area contributed by atoms with Crippen molar-refractivity contribution in [3.8, 4) is 0 Å². The summed E-state index contributed by atoms with van der Waals surface area (Å²) in [5.74, 6) is 1.30. The van der Waals surface area contributed by atoms with Gasteiger partial charge in [-0.1, -0.05) is 27.7 Å². The maximum absolute atomic E-state index is 4.20. The van der Waals surface area contributed by atoms with Crippen molar-refractivity contribution in [2.75, 3.05) is 11.9 Å². The van der Waals surface area contributed by atoms with Crippen molar-refractivity contribution in [1.29, 1.82) is 0 Å². The fourth-order valence-corrected chi connectivity index (χ4v) is 1.23. The highest BCUT2D eigenvalue weighted by Crippen LogP contribution is 2.25. The summed E-state index contributed by atoms with van der Waals surface area (Å²) in [6.45, 7) is 9.88. The Bertz CT molecular complexity index is 303. The van der Waals surface area contributed by atoms with Gasteiger partial charge >= 0.3 is 0 Å². The molecule has 0 bridgehead atoms. The second-order valence-electron chi connectivity index (χ2n) is 4.87. The van der Waals surface area contributed by atoms with Crippen molar-refractivity contribution in [1.82, 2.24) is 9.97 Å². The molecular formula is C11H18IN3. The van der Waals surface area contributed by atoms with E-state index < -0.39 is 0 Å². The van der Waals surface area contributed by atoms with E-state index in [2.05, 4.69) is 65.6 Å². The molecule has 0 spiro atoms. The van der Waals surface area contributed by atoms with Gasteiger partial charge in [-0.2, -0.15) is 0 Å². The smallest absolute Gasteiger partial charge is 0.222 e. The number of rotatable bonds is 3. The van der Waals surface area contributed by atoms with Crippen LogP contribution >= 0.6 is 22.6 Å². The van der Waals surface area contributed by atoms with Crippen LogP contribution in [0.5, 0.6) is 0 Å². The fraction of sp³-hybridized carbons (Fsp3) is 0.636. The Morgan fingerprint density at radius 3 is 2.33 bits per heavy atom. The third kappa shape index (κ3) is 4.32. The first-order valence-electron chi connectivity index (χ1n) is 5.11. The van der Waals surface area contributed by atoms with Gasteiger partial charge in [-0.15, -0.1) is 0 Å². The zero-order valence-corrected chi connectivity index (χ0v) is 11.9. The summed E-state index contributed by atoms with van der Waals surface area (Å²) in [5, 5.41) is 3.25. The third-order valence-electron chi connectivity index (χ3n) is 2.67. The van der Waals surface area contributed by atoms with E-state index in [0.717, 1.165) is 10.1 Å². The summed E-state index contributed by atoms with van der Waals surface area (Å²) in [5.41, 5.74) is 0.316. The quantitative estimate of drug-likeness (QED) is 0.870. The number of halogens is 1. The van der Waals surface area contributed by atoms with Gasteiger partial charge in [0.1, 0.15) is 0 Å². The average Bonchev–Trinajstić information content (AvgIpc) is 2.15. The Balaban J connectivity index is 2.47. The lowest BCUT2D eigenvalue weighted by atomic mass is 9.82. The zero-order valence-electron chi connectivity index (χ0n) is 9.71. The molecular weight excluding hydrogens is 301 g/mol. The Kier molecular flexibility index (Phi) is 4.31. The molecule has 0 aromatic carbocycles. The summed E-state index contributed by atoms with van der Waals surface area (Å²) in [6, 6.07) is 0. The van der Waals surface area contributed by atoms with E-state index >= 15 is 0 Å². The topological polar surface area (TPSA) is 37.8 Å². The molecule has 0 saturated heterocycles. The normalized spacial score (nSPS) is 13.7. The minimum Gasteiger partial charge on any atom is -0.354 e. The van der Waals surface area contributed by atoms with E-state index in [-0.39, 0.29) is 0 Å². The predicted octanol–water partition coefficient (Wildman–Crippen LogP) is 3.18. The Labute approximate surface area is 105 Å². The molecule has 0 radical (unpaired) electrons. The van der Waals surface area contributed by atoms with Crippen LogP contribution < -0.4 is 5.32 Å². The van der Waals surface area contributed by atoms with E-state index in [1.807, 2.05) is 12.4 Å². The summed E-state index contributed by atoms with van der Waals surface area (Å²) in [4.78, 5) is 8.41. The molecule has 1 N–H and O–H groups in total. The van der Waals surface area contributed by atoms with E-state index in [4.69, 9.17) is 0 Å². The number of anilines is 1. The predicted molar refractivity (Wildman–Crippen MR) is 71.9 cm³/mol. The van der Waals surface area contributed by atoms with Crippen molar-refractivity contribution in [2.45, 2.75) is 27.7 Å². The molecule has 1 heterocycles. The van der Waals surface area contributed by atoms with Crippen LogP contribution in [0.2, 0.25) is 0 Å². The van der Waals surface area contributed by atoms with Crippen LogP contribution in [-0.4, -0.2) is 16.5 Å². The van der Waals surface area contributed by atoms with Gasteiger partial charge in [0.25, 0.3) is 0 Å². The van der Waals surface area contributed by atoms with E-state index in [0.29, 0.717) is 17.3 Å². The highest BCUT2D eigenvalue weighted by Gasteiger charge is 2.19. The molecule has 0 fully saturated rings. The molecule has 1 rings (SSSR count). The Morgan fingerprint density at radius 2 is 1.87 bits per heavy atom. The number of nitrogens with zero attached hydrogens (tertiary/aromatic N) is 2. The molecule has 4 heteroatoms. The molecule has 1 aromatic rings. The summed E-state index contributed by atoms with van der Waals surface area (Å²) < 4.78 is 1.06. The number of aromatic nitrogens is 2. The fourth-order valence-electron chi connectivity index (χ4n) is 0.954. The van der Waals surface area contributed by atoms with Gasteiger partial charge in [0.05, 0.1) is 0 Å². The van der Waals surface area contributed by atoms with Gasteiger partial charge in [0.2, 0.25) is 5.95 Å². The number of hydrogen-bond acceptors (Lipinski definition) is 3. The first-order chi connectivity index (χ1) is 6.89. The van der Waals surface area contributed by atoms with E-state index in [9.17, 15) is 0 Å². The van der Waals surface area contributed by atoms with E-state index in [1.165, 1.54) is 0 Å². The van der Waals surface area contributed by atoms with Crippen LogP contribution in [-0.2, 0) is 0 Å². The van der Waals surface area contributed by atoms with Crippen molar-refractivity contribution >= 4 is 28.5 Å². The Morgan fingerprint density at radius 1 is 1.33 bits per heavy atom. The molecule has 1 aromatic heterocycles. The van der Waals surface area contributed by atoms with Crippen molar-refractivity contribution < 1.29 is 0 Å². The minimum atomic E-state index is 0.316. The van der Waals surface area contributed by atoms with Crippen LogP contribution in [0.3, 0.4) is 0 Å². The average molecular weight is 319 g/mol. The molecule has 84 valence electrons. The van der Waals surface area contributed by atoms with Gasteiger partial charge in [-0.3, -0.25) is 0 Å². The standard InChI is InChI=1S/C11H18IN3/c1-8(11(2,3)4)5-13-10-14-6-9(12)7-15-10/h6-8H,5H2,1-4H3,(H,13,14,15). The first-order valence-corrected chi connectivity index (χ1v) is 6.19. The van der Waals surface area contributed by atoms with Crippen LogP contribution in [0.4, 0.5) is 5.95 Å². The largest absolute Gasteiger partial charge is 0.354 e. The maximum atomic E-state index is 4.20. The van der Waals surface area contributed by atoms with Crippen molar-refractivity contribution in [2.24, 2.45) is 11.3 Å². The van der Waals surface area contributed by atoms with Gasteiger partial charge in [0.15, 0.2) is 0 Å². The third-order valence-corrected chi connectivity index (χ3v) is 3.22. The van der Waals surface area contributed by atoms with Gasteiger partial charge in [-0.05, 0) is 33.9 Å². The zero-order chi connectivity index (χ0) is 11.5. The van der Waals surface area contributed by atoms with Crippen LogP contribution in [0, 0.1) is 14.9 Å². The molecule has 0 aliphatic heterocycles. The lowest BCUT2D eigenvalue weighted by Crippen LogP contribution is -2.25. The van der Waals surface area contributed by atoms with Crippen LogP contribution in [0.15, 0.2) is 12.4 Å². The molecule has 1 unspecified atom stereocenters. The molecule has 1 atom stereocenters. The molecule has 0 aliphatic carbocycles. The first kappa shape index (κ1) is 12.7.